The Morgan fingerprint density at radius 2 is 1.62 bits per heavy atom. The fourth-order valence-corrected chi connectivity index (χ4v) is 3.73. The Kier molecular flexibility index (Phi) is 14.2. The van der Waals surface area contributed by atoms with Crippen molar-refractivity contribution in [1.82, 2.24) is 0 Å². The molecule has 186 valence electrons. The summed E-state index contributed by atoms with van der Waals surface area (Å²) in [6, 6.07) is 0. The van der Waals surface area contributed by atoms with Gasteiger partial charge in [0.1, 0.15) is 31.9 Å². The number of methoxy groups -OCH3 is 2. The molecule has 0 unspecified atom stereocenters. The second-order valence-electron chi connectivity index (χ2n) is 9.03. The van der Waals surface area contributed by atoms with Gasteiger partial charge in [-0.25, -0.2) is 0 Å². The van der Waals surface area contributed by atoms with Gasteiger partial charge in [-0.1, -0.05) is 38.7 Å². The van der Waals surface area contributed by atoms with Crippen LogP contribution in [0.15, 0.2) is 12.7 Å². The summed E-state index contributed by atoms with van der Waals surface area (Å²) in [4.78, 5) is 11.8. The second kappa shape index (κ2) is 14.8. The summed E-state index contributed by atoms with van der Waals surface area (Å²) in [5.41, 5.74) is 0. The molecule has 32 heavy (non-hydrogen) atoms. The average molecular weight is 475 g/mol. The van der Waals surface area contributed by atoms with Crippen LogP contribution in [0.2, 0.25) is 18.1 Å². The van der Waals surface area contributed by atoms with Crippen molar-refractivity contribution >= 4 is 14.3 Å². The van der Waals surface area contributed by atoms with Crippen LogP contribution in [-0.4, -0.2) is 77.7 Å². The number of aliphatic hydroxyl groups excluding tert-OH is 1. The van der Waals surface area contributed by atoms with E-state index in [1.165, 1.54) is 21.1 Å². The molecule has 9 heteroatoms. The van der Waals surface area contributed by atoms with Gasteiger partial charge in [-0.2, -0.15) is 0 Å². The number of esters is 1. The molecular formula is C23H42O8Si. The molecule has 0 heterocycles. The molecule has 0 aliphatic rings. The lowest BCUT2D eigenvalue weighted by Crippen LogP contribution is -2.48. The molecule has 0 saturated carbocycles. The van der Waals surface area contributed by atoms with Crippen molar-refractivity contribution < 1.29 is 38.0 Å². The molecule has 0 bridgehead atoms. The van der Waals surface area contributed by atoms with Gasteiger partial charge < -0.3 is 33.2 Å². The van der Waals surface area contributed by atoms with E-state index in [4.69, 9.17) is 28.1 Å². The molecule has 8 nitrogen and oxygen atoms in total. The standard InChI is InChI=1S/C23H42O8Si/c1-11-12-19(31-32(9,10)23(4,5)6)13-14-20(30-18(3)25)22(29-16-27-8)21(17(2)24)28-15-26-7/h11,17,19-22,24H,1,12,15-16H2,2-10H3/t17-,19+,20+,21-,22+/m0/s1. The van der Waals surface area contributed by atoms with E-state index in [1.807, 2.05) is 0 Å². The van der Waals surface area contributed by atoms with Crippen LogP contribution in [0.5, 0.6) is 0 Å². The largest absolute Gasteiger partial charge is 0.446 e. The first-order chi connectivity index (χ1) is 14.8. The Morgan fingerprint density at radius 1 is 1.09 bits per heavy atom. The number of hydrogen-bond donors (Lipinski definition) is 1. The number of ether oxygens (including phenoxy) is 5. The van der Waals surface area contributed by atoms with Crippen LogP contribution in [-0.2, 0) is 32.9 Å². The number of carbonyl (C=O) groups excluding carboxylic acids is 1. The van der Waals surface area contributed by atoms with Gasteiger partial charge in [-0.05, 0) is 25.1 Å². The summed E-state index contributed by atoms with van der Waals surface area (Å²) in [5, 5.41) is 10.3. The van der Waals surface area contributed by atoms with Gasteiger partial charge in [0.2, 0.25) is 0 Å². The minimum Gasteiger partial charge on any atom is -0.446 e. The highest BCUT2D eigenvalue weighted by atomic mass is 28.4. The summed E-state index contributed by atoms with van der Waals surface area (Å²) >= 11 is 0. The third-order valence-electron chi connectivity index (χ3n) is 5.16. The lowest BCUT2D eigenvalue weighted by atomic mass is 10.0. The average Bonchev–Trinajstić information content (AvgIpc) is 2.66. The van der Waals surface area contributed by atoms with E-state index < -0.39 is 44.8 Å². The smallest absolute Gasteiger partial charge is 0.303 e. The van der Waals surface area contributed by atoms with E-state index >= 15 is 0 Å². The van der Waals surface area contributed by atoms with E-state index in [0.29, 0.717) is 6.42 Å². The van der Waals surface area contributed by atoms with Crippen LogP contribution in [0, 0.1) is 11.8 Å². The van der Waals surface area contributed by atoms with Crippen LogP contribution >= 0.6 is 0 Å². The molecular weight excluding hydrogens is 432 g/mol. The molecule has 0 aromatic carbocycles. The summed E-state index contributed by atoms with van der Waals surface area (Å²) < 4.78 is 33.2. The van der Waals surface area contributed by atoms with Crippen molar-refractivity contribution in [3.63, 3.8) is 0 Å². The third kappa shape index (κ3) is 11.1. The molecule has 0 aliphatic carbocycles. The molecule has 0 fully saturated rings. The Labute approximate surface area is 194 Å². The predicted octanol–water partition coefficient (Wildman–Crippen LogP) is 3.25. The molecule has 0 aromatic heterocycles. The van der Waals surface area contributed by atoms with Crippen LogP contribution in [0.25, 0.3) is 0 Å². The van der Waals surface area contributed by atoms with Crippen molar-refractivity contribution in [3.8, 4) is 11.8 Å². The van der Waals surface area contributed by atoms with Gasteiger partial charge >= 0.3 is 5.97 Å². The normalized spacial score (nSPS) is 16.8. The molecule has 0 saturated heterocycles. The maximum absolute atomic E-state index is 11.8. The van der Waals surface area contributed by atoms with Gasteiger partial charge in [0.15, 0.2) is 14.4 Å². The highest BCUT2D eigenvalue weighted by Crippen LogP contribution is 2.37. The van der Waals surface area contributed by atoms with Crippen molar-refractivity contribution in [2.24, 2.45) is 0 Å². The van der Waals surface area contributed by atoms with Gasteiger partial charge in [-0.3, -0.25) is 4.79 Å². The maximum atomic E-state index is 11.8. The molecule has 0 spiro atoms. The van der Waals surface area contributed by atoms with Crippen LogP contribution in [0.4, 0.5) is 0 Å². The maximum Gasteiger partial charge on any atom is 0.303 e. The Hall–Kier alpha value is -1.25. The van der Waals surface area contributed by atoms with Crippen molar-refractivity contribution in [1.29, 1.82) is 0 Å². The Balaban J connectivity index is 6.07. The van der Waals surface area contributed by atoms with Gasteiger partial charge in [0.05, 0.1) is 6.10 Å². The monoisotopic (exact) mass is 474 g/mol. The number of hydrogen-bond acceptors (Lipinski definition) is 8. The number of rotatable bonds is 14. The zero-order chi connectivity index (χ0) is 24.9. The van der Waals surface area contributed by atoms with Crippen LogP contribution in [0.3, 0.4) is 0 Å². The highest BCUT2D eigenvalue weighted by molar-refractivity contribution is 6.74. The summed E-state index contributed by atoms with van der Waals surface area (Å²) in [5.74, 6) is 5.52. The van der Waals surface area contributed by atoms with E-state index in [1.54, 1.807) is 13.0 Å². The SMILES string of the molecule is C=CC[C@H](C#C[C@@H](OC(C)=O)[C@@H](OCOC)[C@@H](OCOC)[C@H](C)O)O[Si](C)(C)C(C)(C)C. The molecule has 0 radical (unpaired) electrons. The quantitative estimate of drug-likeness (QED) is 0.135. The Morgan fingerprint density at radius 3 is 2.03 bits per heavy atom. The molecule has 1 N–H and O–H groups in total. The van der Waals surface area contributed by atoms with Crippen molar-refractivity contribution in [2.75, 3.05) is 27.8 Å². The number of aliphatic hydroxyl groups is 1. The van der Waals surface area contributed by atoms with Gasteiger partial charge in [-0.15, -0.1) is 6.58 Å². The third-order valence-corrected chi connectivity index (χ3v) is 9.64. The van der Waals surface area contributed by atoms with Gasteiger partial charge in [0.25, 0.3) is 0 Å². The van der Waals surface area contributed by atoms with E-state index in [9.17, 15) is 9.90 Å². The first-order valence-electron chi connectivity index (χ1n) is 10.7. The topological polar surface area (TPSA) is 92.7 Å². The van der Waals surface area contributed by atoms with E-state index in [0.717, 1.165) is 0 Å². The first-order valence-corrected chi connectivity index (χ1v) is 13.6. The van der Waals surface area contributed by atoms with Crippen LogP contribution < -0.4 is 0 Å². The minimum atomic E-state index is -2.11. The Bertz CT molecular complexity index is 618. The molecule has 0 rings (SSSR count). The predicted molar refractivity (Wildman–Crippen MR) is 125 cm³/mol. The van der Waals surface area contributed by atoms with E-state index in [-0.39, 0.29) is 18.6 Å². The minimum absolute atomic E-state index is 0.00109. The first kappa shape index (κ1) is 30.7. The molecule has 0 aliphatic heterocycles. The highest BCUT2D eigenvalue weighted by Gasteiger charge is 2.39. The number of carbonyl (C=O) groups is 1. The van der Waals surface area contributed by atoms with Crippen molar-refractivity contribution in [3.05, 3.63) is 12.7 Å². The summed E-state index contributed by atoms with van der Waals surface area (Å²) in [6.45, 7) is 17.2. The van der Waals surface area contributed by atoms with E-state index in [2.05, 4.69) is 52.3 Å². The lowest BCUT2D eigenvalue weighted by molar-refractivity contribution is -0.206. The molecule has 0 amide bonds. The zero-order valence-electron chi connectivity index (χ0n) is 21.1. The molecule has 0 aromatic rings. The van der Waals surface area contributed by atoms with Gasteiger partial charge in [0, 0.05) is 27.6 Å². The fraction of sp³-hybridized carbons (Fsp3) is 0.783. The summed E-state index contributed by atoms with van der Waals surface area (Å²) in [7, 11) is 0.821. The zero-order valence-corrected chi connectivity index (χ0v) is 22.1. The lowest BCUT2D eigenvalue weighted by Gasteiger charge is -2.38. The van der Waals surface area contributed by atoms with Crippen molar-refractivity contribution in [2.45, 2.75) is 89.7 Å². The fourth-order valence-electron chi connectivity index (χ4n) is 2.51. The summed E-state index contributed by atoms with van der Waals surface area (Å²) in [6.07, 6.45) is -1.99. The van der Waals surface area contributed by atoms with Crippen LogP contribution in [0.1, 0.15) is 41.0 Å². The second-order valence-corrected chi connectivity index (χ2v) is 13.8. The molecule has 5 atom stereocenters.